The van der Waals surface area contributed by atoms with Crippen molar-refractivity contribution in [3.8, 4) is 11.5 Å². The van der Waals surface area contributed by atoms with E-state index in [9.17, 15) is 4.79 Å². The van der Waals surface area contributed by atoms with Crippen molar-refractivity contribution in [2.45, 2.75) is 12.5 Å². The fourth-order valence-electron chi connectivity index (χ4n) is 1.50. The molecule has 1 unspecified atom stereocenters. The normalized spacial score (nSPS) is 13.6. The molecule has 1 amide bonds. The van der Waals surface area contributed by atoms with Crippen molar-refractivity contribution in [1.29, 1.82) is 0 Å². The molecule has 1 rings (SSSR count). The zero-order chi connectivity index (χ0) is 13.8. The second-order valence-electron chi connectivity index (χ2n) is 3.89. The van der Waals surface area contributed by atoms with Gasteiger partial charge in [0.1, 0.15) is 17.1 Å². The van der Waals surface area contributed by atoms with Gasteiger partial charge < -0.3 is 19.9 Å². The third-order valence-electron chi connectivity index (χ3n) is 2.54. The fraction of sp³-hybridized carbons (Fsp3) is 0.417. The highest BCUT2D eigenvalue weighted by Crippen LogP contribution is 2.33. The van der Waals surface area contributed by atoms with Gasteiger partial charge in [-0.1, -0.05) is 22.6 Å². The first-order chi connectivity index (χ1) is 8.45. The van der Waals surface area contributed by atoms with E-state index < -0.39 is 11.7 Å². The van der Waals surface area contributed by atoms with Crippen molar-refractivity contribution in [2.24, 2.45) is 5.73 Å². The Morgan fingerprint density at radius 2 is 1.78 bits per heavy atom. The number of benzene rings is 1. The number of rotatable bonds is 5. The van der Waals surface area contributed by atoms with Gasteiger partial charge >= 0.3 is 6.09 Å². The molecule has 18 heavy (non-hydrogen) atoms. The highest BCUT2D eigenvalue weighted by Gasteiger charge is 2.30. The first-order valence-corrected chi connectivity index (χ1v) is 6.75. The third kappa shape index (κ3) is 3.41. The van der Waals surface area contributed by atoms with Crippen LogP contribution in [0.4, 0.5) is 4.79 Å². The summed E-state index contributed by atoms with van der Waals surface area (Å²) in [5.74, 6) is 1.27. The van der Waals surface area contributed by atoms with Crippen molar-refractivity contribution in [3.63, 3.8) is 0 Å². The molecule has 0 aromatic heterocycles. The fourth-order valence-corrected chi connectivity index (χ4v) is 2.09. The number of carbonyl (C=O) groups excluding carboxylic acids is 1. The van der Waals surface area contributed by atoms with Gasteiger partial charge in [-0.15, -0.1) is 0 Å². The quantitative estimate of drug-likeness (QED) is 0.643. The van der Waals surface area contributed by atoms with E-state index in [4.69, 9.17) is 19.9 Å². The molecule has 2 N–H and O–H groups in total. The van der Waals surface area contributed by atoms with Crippen molar-refractivity contribution in [3.05, 3.63) is 23.8 Å². The van der Waals surface area contributed by atoms with E-state index in [-0.39, 0.29) is 0 Å². The topological polar surface area (TPSA) is 70.8 Å². The molecule has 0 aliphatic heterocycles. The van der Waals surface area contributed by atoms with Crippen LogP contribution in [0.1, 0.15) is 12.5 Å². The summed E-state index contributed by atoms with van der Waals surface area (Å²) < 4.78 is 16.1. The molecule has 1 aromatic rings. The number of ether oxygens (including phenoxy) is 3. The average Bonchev–Trinajstić information content (AvgIpc) is 2.37. The maximum atomic E-state index is 11.0. The molecule has 0 saturated heterocycles. The maximum absolute atomic E-state index is 11.0. The van der Waals surface area contributed by atoms with Gasteiger partial charge in [0.05, 0.1) is 14.2 Å². The Morgan fingerprint density at radius 3 is 2.11 bits per heavy atom. The van der Waals surface area contributed by atoms with Crippen molar-refractivity contribution < 1.29 is 19.0 Å². The van der Waals surface area contributed by atoms with Crippen LogP contribution in [0.5, 0.6) is 11.5 Å². The van der Waals surface area contributed by atoms with Gasteiger partial charge in [0.15, 0.2) is 0 Å². The number of alkyl halides is 1. The summed E-state index contributed by atoms with van der Waals surface area (Å²) in [7, 11) is 3.13. The Hall–Kier alpha value is -1.18. The van der Waals surface area contributed by atoms with Crippen molar-refractivity contribution in [1.82, 2.24) is 0 Å². The van der Waals surface area contributed by atoms with Crippen molar-refractivity contribution in [2.75, 3.05) is 18.6 Å². The molecule has 0 bridgehead atoms. The van der Waals surface area contributed by atoms with Gasteiger partial charge in [-0.05, 0) is 19.1 Å². The van der Waals surface area contributed by atoms with Crippen LogP contribution in [0.2, 0.25) is 0 Å². The van der Waals surface area contributed by atoms with E-state index in [0.717, 1.165) is 5.56 Å². The number of amides is 1. The first kappa shape index (κ1) is 14.9. The van der Waals surface area contributed by atoms with Gasteiger partial charge in [0.25, 0.3) is 0 Å². The largest absolute Gasteiger partial charge is 0.497 e. The predicted molar refractivity (Wildman–Crippen MR) is 76.5 cm³/mol. The molecule has 0 radical (unpaired) electrons. The van der Waals surface area contributed by atoms with Gasteiger partial charge in [-0.3, -0.25) is 0 Å². The lowest BCUT2D eigenvalue weighted by Crippen LogP contribution is -2.33. The Bertz CT molecular complexity index is 416. The molecule has 0 aliphatic rings. The van der Waals surface area contributed by atoms with Crippen LogP contribution < -0.4 is 15.2 Å². The second kappa shape index (κ2) is 6.12. The first-order valence-electron chi connectivity index (χ1n) is 5.23. The van der Waals surface area contributed by atoms with Crippen LogP contribution in [0, 0.1) is 0 Å². The van der Waals surface area contributed by atoms with Crippen molar-refractivity contribution >= 4 is 28.7 Å². The molecule has 1 atom stereocenters. The zero-order valence-corrected chi connectivity index (χ0v) is 12.7. The molecule has 1 aromatic carbocycles. The Labute approximate surface area is 120 Å². The van der Waals surface area contributed by atoms with E-state index >= 15 is 0 Å². The minimum Gasteiger partial charge on any atom is -0.497 e. The van der Waals surface area contributed by atoms with Gasteiger partial charge in [0, 0.05) is 16.1 Å². The molecule has 0 spiro atoms. The van der Waals surface area contributed by atoms with E-state index in [1.165, 1.54) is 0 Å². The van der Waals surface area contributed by atoms with Gasteiger partial charge in [-0.25, -0.2) is 4.79 Å². The Balaban J connectivity index is 3.23. The Kier molecular flexibility index (Phi) is 5.06. The number of hydrogen-bond acceptors (Lipinski definition) is 4. The van der Waals surface area contributed by atoms with Crippen LogP contribution in [0.3, 0.4) is 0 Å². The van der Waals surface area contributed by atoms with Crippen LogP contribution in [0.25, 0.3) is 0 Å². The SMILES string of the molecule is COc1cc(OC)cc(C(C)(CI)OC(N)=O)c1. The number of carbonyl (C=O) groups is 1. The summed E-state index contributed by atoms with van der Waals surface area (Å²) in [6.07, 6.45) is -0.809. The molecule has 0 aliphatic carbocycles. The highest BCUT2D eigenvalue weighted by molar-refractivity contribution is 14.1. The summed E-state index contributed by atoms with van der Waals surface area (Å²) in [6, 6.07) is 5.34. The minimum absolute atomic E-state index is 0.560. The minimum atomic E-state index is -0.811. The summed E-state index contributed by atoms with van der Waals surface area (Å²) >= 11 is 2.14. The summed E-state index contributed by atoms with van der Waals surface area (Å²) in [6.45, 7) is 1.79. The lowest BCUT2D eigenvalue weighted by molar-refractivity contribution is 0.0489. The number of nitrogens with two attached hydrogens (primary N) is 1. The standard InChI is InChI=1S/C12H16INO4/c1-12(7-13,18-11(14)15)8-4-9(16-2)6-10(5-8)17-3/h4-6H,7H2,1-3H3,(H2,14,15). The molecule has 100 valence electrons. The number of primary amides is 1. The summed E-state index contributed by atoms with van der Waals surface area (Å²) in [4.78, 5) is 11.0. The van der Waals surface area contributed by atoms with Crippen LogP contribution in [-0.4, -0.2) is 24.7 Å². The number of halogens is 1. The van der Waals surface area contributed by atoms with E-state index in [1.807, 2.05) is 0 Å². The Morgan fingerprint density at radius 1 is 1.28 bits per heavy atom. The second-order valence-corrected chi connectivity index (χ2v) is 4.65. The van der Waals surface area contributed by atoms with Crippen LogP contribution in [0.15, 0.2) is 18.2 Å². The summed E-state index contributed by atoms with van der Waals surface area (Å²) in [5.41, 5.74) is 5.06. The molecular formula is C12H16INO4. The molecule has 6 heteroatoms. The maximum Gasteiger partial charge on any atom is 0.405 e. The molecule has 0 heterocycles. The van der Waals surface area contributed by atoms with Crippen LogP contribution >= 0.6 is 22.6 Å². The molecular weight excluding hydrogens is 349 g/mol. The third-order valence-corrected chi connectivity index (χ3v) is 4.00. The van der Waals surface area contributed by atoms with E-state index in [2.05, 4.69) is 22.6 Å². The molecule has 0 fully saturated rings. The number of methoxy groups -OCH3 is 2. The average molecular weight is 365 g/mol. The number of hydrogen-bond donors (Lipinski definition) is 1. The van der Waals surface area contributed by atoms with E-state index in [0.29, 0.717) is 15.9 Å². The monoisotopic (exact) mass is 365 g/mol. The summed E-state index contributed by atoms with van der Waals surface area (Å²) in [5, 5.41) is 0. The van der Waals surface area contributed by atoms with E-state index in [1.54, 1.807) is 39.3 Å². The molecule has 5 nitrogen and oxygen atoms in total. The lowest BCUT2D eigenvalue weighted by atomic mass is 9.97. The van der Waals surface area contributed by atoms with Gasteiger partial charge in [-0.2, -0.15) is 0 Å². The zero-order valence-electron chi connectivity index (χ0n) is 10.5. The van der Waals surface area contributed by atoms with Crippen LogP contribution in [-0.2, 0) is 10.3 Å². The smallest absolute Gasteiger partial charge is 0.405 e. The molecule has 0 saturated carbocycles. The predicted octanol–water partition coefficient (Wildman–Crippen LogP) is 2.45. The van der Waals surface area contributed by atoms with Gasteiger partial charge in [0.2, 0.25) is 0 Å². The highest BCUT2D eigenvalue weighted by atomic mass is 127. The lowest BCUT2D eigenvalue weighted by Gasteiger charge is -2.27.